The first kappa shape index (κ1) is 12.2. The first-order valence-electron chi connectivity index (χ1n) is 5.59. The zero-order chi connectivity index (χ0) is 11.7. The summed E-state index contributed by atoms with van der Waals surface area (Å²) in [7, 11) is 0. The Morgan fingerprint density at radius 1 is 1.13 bits per heavy atom. The monoisotopic (exact) mass is 209 g/mol. The highest BCUT2D eigenvalue weighted by atomic mass is 15.5. The van der Waals surface area contributed by atoms with E-state index in [9.17, 15) is 0 Å². The molecule has 0 unspecified atom stereocenters. The smallest absolute Gasteiger partial charge is 0.0880 e. The predicted octanol–water partition coefficient (Wildman–Crippen LogP) is 3.01. The summed E-state index contributed by atoms with van der Waals surface area (Å²) >= 11 is 0. The quantitative estimate of drug-likeness (QED) is 0.749. The first-order valence-corrected chi connectivity index (χ1v) is 5.59. The van der Waals surface area contributed by atoms with Crippen LogP contribution in [0.3, 0.4) is 0 Å². The Morgan fingerprint density at radius 2 is 1.73 bits per heavy atom. The van der Waals surface area contributed by atoms with Gasteiger partial charge in [0.25, 0.3) is 0 Å². The van der Waals surface area contributed by atoms with Gasteiger partial charge in [0, 0.05) is 5.41 Å². The van der Waals surface area contributed by atoms with Gasteiger partial charge in [-0.25, -0.2) is 0 Å². The summed E-state index contributed by atoms with van der Waals surface area (Å²) < 4.78 is 0. The fourth-order valence-corrected chi connectivity index (χ4v) is 1.18. The van der Waals surface area contributed by atoms with Crippen molar-refractivity contribution in [3.05, 3.63) is 11.9 Å². The molecule has 3 nitrogen and oxygen atoms in total. The van der Waals surface area contributed by atoms with E-state index in [-0.39, 0.29) is 5.41 Å². The lowest BCUT2D eigenvalue weighted by molar-refractivity contribution is 0.326. The van der Waals surface area contributed by atoms with E-state index in [1.54, 1.807) is 0 Å². The number of rotatable bonds is 2. The first-order chi connectivity index (χ1) is 6.68. The summed E-state index contributed by atoms with van der Waals surface area (Å²) in [5, 5.41) is 8.78. The number of aromatic nitrogens is 3. The Hall–Kier alpha value is -0.860. The van der Waals surface area contributed by atoms with E-state index in [0.717, 1.165) is 18.7 Å². The van der Waals surface area contributed by atoms with Gasteiger partial charge in [-0.15, -0.1) is 0 Å². The third kappa shape index (κ3) is 4.02. The summed E-state index contributed by atoms with van der Waals surface area (Å²) in [6, 6.07) is 0. The van der Waals surface area contributed by atoms with Crippen molar-refractivity contribution in [2.24, 2.45) is 5.41 Å². The number of hydrogen-bond donors (Lipinski definition) is 0. The lowest BCUT2D eigenvalue weighted by atomic mass is 9.92. The van der Waals surface area contributed by atoms with Gasteiger partial charge in [-0.3, -0.25) is 0 Å². The molecule has 0 aliphatic carbocycles. The van der Waals surface area contributed by atoms with Gasteiger partial charge in [-0.2, -0.15) is 15.0 Å². The molecule has 1 aromatic rings. The van der Waals surface area contributed by atoms with Gasteiger partial charge < -0.3 is 0 Å². The van der Waals surface area contributed by atoms with Crippen LogP contribution in [0.25, 0.3) is 0 Å². The van der Waals surface area contributed by atoms with Crippen molar-refractivity contribution < 1.29 is 0 Å². The molecule has 0 spiro atoms. The molecule has 1 heterocycles. The zero-order valence-corrected chi connectivity index (χ0v) is 10.8. The van der Waals surface area contributed by atoms with Crippen LogP contribution < -0.4 is 0 Å². The molecule has 0 aliphatic heterocycles. The Bertz CT molecular complexity index is 312. The zero-order valence-electron chi connectivity index (χ0n) is 10.8. The van der Waals surface area contributed by atoms with Crippen LogP contribution in [0.1, 0.15) is 53.7 Å². The van der Waals surface area contributed by atoms with E-state index in [4.69, 9.17) is 0 Å². The maximum absolute atomic E-state index is 4.49. The molecule has 15 heavy (non-hydrogen) atoms. The fourth-order valence-electron chi connectivity index (χ4n) is 1.18. The van der Waals surface area contributed by atoms with E-state index in [0.29, 0.717) is 5.41 Å². The maximum atomic E-state index is 4.49. The standard InChI is InChI=1S/C12H23N3/c1-11(2,3)7-8-15-13-9-10(14-15)12(4,5)6/h9H,7-8H2,1-6H3. The van der Waals surface area contributed by atoms with Crippen LogP contribution >= 0.6 is 0 Å². The normalized spacial score (nSPS) is 13.2. The summed E-state index contributed by atoms with van der Waals surface area (Å²) in [6.45, 7) is 14.1. The van der Waals surface area contributed by atoms with E-state index in [1.807, 2.05) is 11.0 Å². The van der Waals surface area contributed by atoms with E-state index >= 15 is 0 Å². The van der Waals surface area contributed by atoms with Crippen molar-refractivity contribution in [1.29, 1.82) is 0 Å². The van der Waals surface area contributed by atoms with Gasteiger partial charge in [0.05, 0.1) is 18.4 Å². The average molecular weight is 209 g/mol. The largest absolute Gasteiger partial charge is 0.185 e. The van der Waals surface area contributed by atoms with E-state index < -0.39 is 0 Å². The molecule has 1 aromatic heterocycles. The molecule has 86 valence electrons. The SMILES string of the molecule is CC(C)(C)CCn1ncc(C(C)(C)C)n1. The van der Waals surface area contributed by atoms with Gasteiger partial charge >= 0.3 is 0 Å². The maximum Gasteiger partial charge on any atom is 0.0880 e. The van der Waals surface area contributed by atoms with Gasteiger partial charge in [-0.1, -0.05) is 41.5 Å². The summed E-state index contributed by atoms with van der Waals surface area (Å²) in [5.74, 6) is 0. The van der Waals surface area contributed by atoms with E-state index in [2.05, 4.69) is 51.7 Å². The third-order valence-electron chi connectivity index (χ3n) is 2.37. The fraction of sp³-hybridized carbons (Fsp3) is 0.833. The summed E-state index contributed by atoms with van der Waals surface area (Å²) in [6.07, 6.45) is 2.98. The van der Waals surface area contributed by atoms with Gasteiger partial charge in [0.2, 0.25) is 0 Å². The van der Waals surface area contributed by atoms with Gasteiger partial charge in [0.1, 0.15) is 0 Å². The van der Waals surface area contributed by atoms with E-state index in [1.165, 1.54) is 0 Å². The molecular formula is C12H23N3. The van der Waals surface area contributed by atoms with Crippen LogP contribution in [-0.2, 0) is 12.0 Å². The molecule has 0 aromatic carbocycles. The second-order valence-corrected chi connectivity index (χ2v) is 6.39. The molecule has 0 aliphatic rings. The molecule has 0 bridgehead atoms. The molecule has 3 heteroatoms. The average Bonchev–Trinajstić information content (AvgIpc) is 2.45. The van der Waals surface area contributed by atoms with Crippen LogP contribution in [0.5, 0.6) is 0 Å². The van der Waals surface area contributed by atoms with Crippen molar-refractivity contribution in [2.75, 3.05) is 0 Å². The number of hydrogen-bond acceptors (Lipinski definition) is 2. The molecule has 0 saturated heterocycles. The topological polar surface area (TPSA) is 30.7 Å². The van der Waals surface area contributed by atoms with Crippen LogP contribution in [-0.4, -0.2) is 15.0 Å². The molecule has 0 atom stereocenters. The van der Waals surface area contributed by atoms with Crippen molar-refractivity contribution in [3.8, 4) is 0 Å². The van der Waals surface area contributed by atoms with Crippen molar-refractivity contribution >= 4 is 0 Å². The van der Waals surface area contributed by atoms with Crippen molar-refractivity contribution in [3.63, 3.8) is 0 Å². The minimum atomic E-state index is 0.0972. The van der Waals surface area contributed by atoms with Crippen LogP contribution in [0.4, 0.5) is 0 Å². The molecule has 1 rings (SSSR count). The predicted molar refractivity (Wildman–Crippen MR) is 62.8 cm³/mol. The minimum absolute atomic E-state index is 0.0972. The highest BCUT2D eigenvalue weighted by Gasteiger charge is 2.18. The number of nitrogens with zero attached hydrogens (tertiary/aromatic N) is 3. The minimum Gasteiger partial charge on any atom is -0.185 e. The Kier molecular flexibility index (Phi) is 3.22. The lowest BCUT2D eigenvalue weighted by Crippen LogP contribution is -2.15. The second kappa shape index (κ2) is 3.95. The third-order valence-corrected chi connectivity index (χ3v) is 2.37. The highest BCUT2D eigenvalue weighted by Crippen LogP contribution is 2.21. The van der Waals surface area contributed by atoms with Crippen LogP contribution in [0, 0.1) is 5.41 Å². The van der Waals surface area contributed by atoms with Crippen molar-refractivity contribution in [2.45, 2.75) is 59.9 Å². The highest BCUT2D eigenvalue weighted by molar-refractivity contribution is 5.05. The lowest BCUT2D eigenvalue weighted by Gasteiger charge is -2.17. The van der Waals surface area contributed by atoms with Gasteiger partial charge in [0.15, 0.2) is 0 Å². The Morgan fingerprint density at radius 3 is 2.13 bits per heavy atom. The van der Waals surface area contributed by atoms with Gasteiger partial charge in [-0.05, 0) is 11.8 Å². The van der Waals surface area contributed by atoms with Crippen LogP contribution in [0.15, 0.2) is 6.20 Å². The number of aryl methyl sites for hydroxylation is 1. The van der Waals surface area contributed by atoms with Crippen LogP contribution in [0.2, 0.25) is 0 Å². The molecule has 0 fully saturated rings. The molecular weight excluding hydrogens is 186 g/mol. The summed E-state index contributed by atoms with van der Waals surface area (Å²) in [4.78, 5) is 1.81. The molecule has 0 N–H and O–H groups in total. The summed E-state index contributed by atoms with van der Waals surface area (Å²) in [5.41, 5.74) is 1.51. The Balaban J connectivity index is 2.62. The molecule has 0 radical (unpaired) electrons. The van der Waals surface area contributed by atoms with Crippen molar-refractivity contribution in [1.82, 2.24) is 15.0 Å². The second-order valence-electron chi connectivity index (χ2n) is 6.39. The molecule has 0 saturated carbocycles. The molecule has 0 amide bonds. The Labute approximate surface area is 92.9 Å².